The highest BCUT2D eigenvalue weighted by Gasteiger charge is 2.18. The first kappa shape index (κ1) is 15.8. The molecule has 0 aromatic heterocycles. The molecular formula is C20H26N3+. The van der Waals surface area contributed by atoms with Crippen LogP contribution in [-0.4, -0.2) is 37.4 Å². The van der Waals surface area contributed by atoms with Gasteiger partial charge in [-0.25, -0.2) is 0 Å². The van der Waals surface area contributed by atoms with Gasteiger partial charge in [-0.2, -0.15) is 5.10 Å². The minimum absolute atomic E-state index is 1.03. The summed E-state index contributed by atoms with van der Waals surface area (Å²) in [5.41, 5.74) is 3.98. The summed E-state index contributed by atoms with van der Waals surface area (Å²) in [6.07, 6.45) is 3.07. The minimum Gasteiger partial charge on any atom is -0.328 e. The van der Waals surface area contributed by atoms with E-state index < -0.39 is 0 Å². The molecular weight excluding hydrogens is 282 g/mol. The van der Waals surface area contributed by atoms with Gasteiger partial charge in [0, 0.05) is 5.56 Å². The zero-order valence-electron chi connectivity index (χ0n) is 13.9. The number of hydrazone groups is 1. The second-order valence-corrected chi connectivity index (χ2v) is 6.21. The van der Waals surface area contributed by atoms with Gasteiger partial charge in [-0.3, -0.25) is 5.01 Å². The van der Waals surface area contributed by atoms with Crippen LogP contribution in [0.3, 0.4) is 0 Å². The number of nitrogens with one attached hydrogen (secondary N) is 1. The zero-order valence-corrected chi connectivity index (χ0v) is 13.9. The Hall–Kier alpha value is -2.13. The van der Waals surface area contributed by atoms with E-state index >= 15 is 0 Å². The lowest BCUT2D eigenvalue weighted by Crippen LogP contribution is -3.13. The predicted octanol–water partition coefficient (Wildman–Crippen LogP) is 1.98. The van der Waals surface area contributed by atoms with Crippen LogP contribution in [0.1, 0.15) is 23.6 Å². The van der Waals surface area contributed by atoms with Crippen molar-refractivity contribution in [2.75, 3.05) is 26.2 Å². The second kappa shape index (κ2) is 7.93. The fraction of sp³-hybridized carbons (Fsp3) is 0.350. The Morgan fingerprint density at radius 1 is 0.957 bits per heavy atom. The largest absolute Gasteiger partial charge is 0.328 e. The molecule has 2 aromatic rings. The van der Waals surface area contributed by atoms with Crippen molar-refractivity contribution in [3.63, 3.8) is 0 Å². The Morgan fingerprint density at radius 2 is 1.65 bits per heavy atom. The fourth-order valence-electron chi connectivity index (χ4n) is 2.98. The normalized spacial score (nSPS) is 16.1. The number of nitrogens with zero attached hydrogens (tertiary/aromatic N) is 2. The maximum Gasteiger partial charge on any atom is 0.103 e. The highest BCUT2D eigenvalue weighted by atomic mass is 15.5. The number of hydrogen-bond donors (Lipinski definition) is 1. The van der Waals surface area contributed by atoms with Crippen LogP contribution >= 0.6 is 0 Å². The van der Waals surface area contributed by atoms with Gasteiger partial charge in [-0.15, -0.1) is 0 Å². The number of aryl methyl sites for hydroxylation is 1. The van der Waals surface area contributed by atoms with E-state index in [2.05, 4.69) is 71.6 Å². The van der Waals surface area contributed by atoms with Gasteiger partial charge in [0.1, 0.15) is 6.54 Å². The maximum atomic E-state index is 4.65. The van der Waals surface area contributed by atoms with Crippen molar-refractivity contribution < 1.29 is 4.90 Å². The van der Waals surface area contributed by atoms with Crippen molar-refractivity contribution in [2.24, 2.45) is 5.10 Å². The van der Waals surface area contributed by atoms with Crippen molar-refractivity contribution >= 4 is 6.21 Å². The topological polar surface area (TPSA) is 20.0 Å². The molecule has 2 aromatic carbocycles. The second-order valence-electron chi connectivity index (χ2n) is 6.21. The summed E-state index contributed by atoms with van der Waals surface area (Å²) in [6, 6.07) is 19.4. The minimum atomic E-state index is 1.03. The van der Waals surface area contributed by atoms with E-state index in [4.69, 9.17) is 0 Å². The Morgan fingerprint density at radius 3 is 2.30 bits per heavy atom. The van der Waals surface area contributed by atoms with Gasteiger partial charge in [0.15, 0.2) is 0 Å². The first-order valence-electron chi connectivity index (χ1n) is 8.59. The third-order valence-electron chi connectivity index (χ3n) is 4.50. The molecule has 0 spiro atoms. The number of benzene rings is 2. The molecule has 1 fully saturated rings. The van der Waals surface area contributed by atoms with Gasteiger partial charge >= 0.3 is 0 Å². The van der Waals surface area contributed by atoms with E-state index in [-0.39, 0.29) is 0 Å². The summed E-state index contributed by atoms with van der Waals surface area (Å²) in [7, 11) is 0. The van der Waals surface area contributed by atoms with Gasteiger partial charge in [-0.05, 0) is 17.5 Å². The molecule has 1 aliphatic rings. The SMILES string of the molecule is CCc1ccc(/C=N\N2CC[NH+](Cc3ccccc3)CC2)cc1. The lowest BCUT2D eigenvalue weighted by atomic mass is 10.1. The molecule has 1 aliphatic heterocycles. The lowest BCUT2D eigenvalue weighted by molar-refractivity contribution is -0.918. The van der Waals surface area contributed by atoms with Crippen molar-refractivity contribution in [2.45, 2.75) is 19.9 Å². The third kappa shape index (κ3) is 4.67. The number of quaternary nitrogens is 1. The molecule has 0 amide bonds. The van der Waals surface area contributed by atoms with Gasteiger partial charge in [-0.1, -0.05) is 61.5 Å². The van der Waals surface area contributed by atoms with Crippen LogP contribution in [0.15, 0.2) is 59.7 Å². The van der Waals surface area contributed by atoms with Crippen molar-refractivity contribution in [1.82, 2.24) is 5.01 Å². The van der Waals surface area contributed by atoms with Crippen LogP contribution in [0, 0.1) is 0 Å². The summed E-state index contributed by atoms with van der Waals surface area (Å²) in [4.78, 5) is 1.65. The Labute approximate surface area is 139 Å². The van der Waals surface area contributed by atoms with Crippen LogP contribution < -0.4 is 4.90 Å². The average Bonchev–Trinajstić information content (AvgIpc) is 2.62. The molecule has 1 heterocycles. The fourth-order valence-corrected chi connectivity index (χ4v) is 2.98. The van der Waals surface area contributed by atoms with E-state index in [0.717, 1.165) is 39.1 Å². The monoisotopic (exact) mass is 308 g/mol. The smallest absolute Gasteiger partial charge is 0.103 e. The highest BCUT2D eigenvalue weighted by molar-refractivity contribution is 5.79. The summed E-state index contributed by atoms with van der Waals surface area (Å²) < 4.78 is 0. The first-order valence-corrected chi connectivity index (χ1v) is 8.59. The van der Waals surface area contributed by atoms with Crippen LogP contribution in [0.4, 0.5) is 0 Å². The summed E-state index contributed by atoms with van der Waals surface area (Å²) in [5.74, 6) is 0. The summed E-state index contributed by atoms with van der Waals surface area (Å²) in [6.45, 7) is 7.68. The zero-order chi connectivity index (χ0) is 15.9. The Bertz CT molecular complexity index is 611. The molecule has 23 heavy (non-hydrogen) atoms. The van der Waals surface area contributed by atoms with E-state index in [9.17, 15) is 0 Å². The van der Waals surface area contributed by atoms with Crippen molar-refractivity contribution in [3.8, 4) is 0 Å². The molecule has 0 saturated carbocycles. The van der Waals surface area contributed by atoms with Gasteiger partial charge in [0.05, 0.1) is 32.4 Å². The molecule has 1 saturated heterocycles. The van der Waals surface area contributed by atoms with E-state index in [1.807, 2.05) is 6.21 Å². The van der Waals surface area contributed by atoms with Crippen LogP contribution in [0.5, 0.6) is 0 Å². The molecule has 1 N–H and O–H groups in total. The predicted molar refractivity (Wildman–Crippen MR) is 95.8 cm³/mol. The van der Waals surface area contributed by atoms with Crippen molar-refractivity contribution in [3.05, 3.63) is 71.3 Å². The molecule has 0 atom stereocenters. The molecule has 3 rings (SSSR count). The molecule has 0 aliphatic carbocycles. The molecule has 3 nitrogen and oxygen atoms in total. The molecule has 120 valence electrons. The van der Waals surface area contributed by atoms with Gasteiger partial charge in [0.2, 0.25) is 0 Å². The number of hydrogen-bond acceptors (Lipinski definition) is 2. The number of piperazine rings is 1. The van der Waals surface area contributed by atoms with Crippen molar-refractivity contribution in [1.29, 1.82) is 0 Å². The Balaban J connectivity index is 1.47. The Kier molecular flexibility index (Phi) is 5.43. The lowest BCUT2D eigenvalue weighted by Gasteiger charge is -2.30. The molecule has 3 heteroatoms. The maximum absolute atomic E-state index is 4.65. The third-order valence-corrected chi connectivity index (χ3v) is 4.50. The van der Waals surface area contributed by atoms with Crippen LogP contribution in [0.25, 0.3) is 0 Å². The summed E-state index contributed by atoms with van der Waals surface area (Å²) in [5, 5.41) is 6.84. The molecule has 0 radical (unpaired) electrons. The summed E-state index contributed by atoms with van der Waals surface area (Å²) >= 11 is 0. The van der Waals surface area contributed by atoms with Gasteiger partial charge < -0.3 is 4.90 Å². The average molecular weight is 308 g/mol. The van der Waals surface area contributed by atoms with E-state index in [0.29, 0.717) is 0 Å². The van der Waals surface area contributed by atoms with Crippen LogP contribution in [0.2, 0.25) is 0 Å². The van der Waals surface area contributed by atoms with Crippen LogP contribution in [-0.2, 0) is 13.0 Å². The molecule has 0 unspecified atom stereocenters. The first-order chi connectivity index (χ1) is 11.3. The standard InChI is InChI=1S/C20H25N3/c1-2-18-8-10-19(11-9-18)16-21-23-14-12-22(13-15-23)17-20-6-4-3-5-7-20/h3-11,16H,2,12-15,17H2,1H3/p+1/b21-16-. The molecule has 0 bridgehead atoms. The van der Waals surface area contributed by atoms with E-state index in [1.54, 1.807) is 4.90 Å². The number of rotatable bonds is 5. The quantitative estimate of drug-likeness (QED) is 0.838. The van der Waals surface area contributed by atoms with E-state index in [1.165, 1.54) is 16.7 Å². The van der Waals surface area contributed by atoms with Gasteiger partial charge in [0.25, 0.3) is 0 Å². The highest BCUT2D eigenvalue weighted by Crippen LogP contribution is 2.03.